The van der Waals surface area contributed by atoms with Crippen LogP contribution in [0.2, 0.25) is 0 Å². The van der Waals surface area contributed by atoms with Crippen LogP contribution in [0, 0.1) is 0 Å². The molecule has 0 spiro atoms. The number of hydrogen-bond donors (Lipinski definition) is 2. The summed E-state index contributed by atoms with van der Waals surface area (Å²) < 4.78 is 5.78. The van der Waals surface area contributed by atoms with Crippen LogP contribution in [0.3, 0.4) is 0 Å². The summed E-state index contributed by atoms with van der Waals surface area (Å²) in [5, 5.41) is 13.2. The first-order valence-electron chi connectivity index (χ1n) is 6.77. The predicted molar refractivity (Wildman–Crippen MR) is 82.3 cm³/mol. The number of aliphatic hydroxyl groups is 1. The van der Waals surface area contributed by atoms with E-state index in [1.165, 1.54) is 0 Å². The fourth-order valence-electron chi connectivity index (χ4n) is 1.70. The molecule has 0 fully saturated rings. The summed E-state index contributed by atoms with van der Waals surface area (Å²) in [4.78, 5) is 0. The Labute approximate surface area is 120 Å². The van der Waals surface area contributed by atoms with Gasteiger partial charge in [-0.05, 0) is 45.0 Å². The van der Waals surface area contributed by atoms with Gasteiger partial charge in [-0.3, -0.25) is 0 Å². The van der Waals surface area contributed by atoms with Gasteiger partial charge in [-0.25, -0.2) is 0 Å². The van der Waals surface area contributed by atoms with Crippen molar-refractivity contribution in [1.82, 2.24) is 0 Å². The quantitative estimate of drug-likeness (QED) is 0.862. The number of rotatable bonds is 5. The normalized spacial score (nSPS) is 12.8. The number of nitrogens with one attached hydrogen (secondary N) is 1. The largest absolute Gasteiger partial charge is 0.457 e. The van der Waals surface area contributed by atoms with Gasteiger partial charge in [0.05, 0.1) is 11.6 Å². The lowest BCUT2D eigenvalue weighted by Crippen LogP contribution is -2.39. The van der Waals surface area contributed by atoms with Gasteiger partial charge in [-0.1, -0.05) is 24.3 Å². The van der Waals surface area contributed by atoms with Crippen LogP contribution in [0.1, 0.15) is 20.8 Å². The smallest absolute Gasteiger partial charge is 0.129 e. The molecule has 2 N–H and O–H groups in total. The third-order valence-electron chi connectivity index (χ3n) is 3.26. The van der Waals surface area contributed by atoms with E-state index in [9.17, 15) is 5.11 Å². The maximum absolute atomic E-state index is 9.96. The van der Waals surface area contributed by atoms with Gasteiger partial charge in [-0.2, -0.15) is 0 Å². The van der Waals surface area contributed by atoms with Crippen molar-refractivity contribution in [2.75, 3.05) is 5.32 Å². The minimum absolute atomic E-state index is 0.0607. The summed E-state index contributed by atoms with van der Waals surface area (Å²) in [6, 6.07) is 17.3. The topological polar surface area (TPSA) is 41.5 Å². The molecule has 0 aliphatic heterocycles. The molecule has 2 rings (SSSR count). The fourth-order valence-corrected chi connectivity index (χ4v) is 1.70. The van der Waals surface area contributed by atoms with E-state index in [0.29, 0.717) is 0 Å². The fraction of sp³-hybridized carbons (Fsp3) is 0.294. The highest BCUT2D eigenvalue weighted by Gasteiger charge is 2.21. The van der Waals surface area contributed by atoms with Crippen molar-refractivity contribution in [1.29, 1.82) is 0 Å². The van der Waals surface area contributed by atoms with Gasteiger partial charge in [0.15, 0.2) is 0 Å². The molecular weight excluding hydrogens is 250 g/mol. The Morgan fingerprint density at radius 3 is 2.30 bits per heavy atom. The zero-order valence-corrected chi connectivity index (χ0v) is 12.1. The molecule has 0 bridgehead atoms. The van der Waals surface area contributed by atoms with Crippen LogP contribution in [-0.4, -0.2) is 16.7 Å². The first-order chi connectivity index (χ1) is 9.45. The van der Waals surface area contributed by atoms with Crippen molar-refractivity contribution in [3.63, 3.8) is 0 Å². The molecule has 3 nitrogen and oxygen atoms in total. The molecular formula is C17H21NO2. The average molecular weight is 271 g/mol. The van der Waals surface area contributed by atoms with E-state index in [0.717, 1.165) is 17.2 Å². The van der Waals surface area contributed by atoms with Gasteiger partial charge in [0.1, 0.15) is 11.5 Å². The molecule has 20 heavy (non-hydrogen) atoms. The molecule has 1 atom stereocenters. The zero-order chi connectivity index (χ0) is 14.6. The maximum atomic E-state index is 9.96. The minimum Gasteiger partial charge on any atom is -0.457 e. The Morgan fingerprint density at radius 2 is 1.65 bits per heavy atom. The summed E-state index contributed by atoms with van der Waals surface area (Å²) >= 11 is 0. The average Bonchev–Trinajstić information content (AvgIpc) is 2.39. The van der Waals surface area contributed by atoms with Crippen molar-refractivity contribution < 1.29 is 9.84 Å². The van der Waals surface area contributed by atoms with E-state index < -0.39 is 5.60 Å². The van der Waals surface area contributed by atoms with Crippen LogP contribution in [0.4, 0.5) is 5.69 Å². The Balaban J connectivity index is 2.08. The summed E-state index contributed by atoms with van der Waals surface area (Å²) in [5.74, 6) is 1.57. The van der Waals surface area contributed by atoms with Crippen LogP contribution >= 0.6 is 0 Å². The van der Waals surface area contributed by atoms with Gasteiger partial charge in [0.25, 0.3) is 0 Å². The Morgan fingerprint density at radius 1 is 1.00 bits per heavy atom. The minimum atomic E-state index is -0.781. The highest BCUT2D eigenvalue weighted by Crippen LogP contribution is 2.25. The molecule has 1 unspecified atom stereocenters. The van der Waals surface area contributed by atoms with Crippen LogP contribution in [0.25, 0.3) is 0 Å². The van der Waals surface area contributed by atoms with Gasteiger partial charge in [-0.15, -0.1) is 0 Å². The van der Waals surface area contributed by atoms with Crippen molar-refractivity contribution in [3.8, 4) is 11.5 Å². The molecule has 0 aromatic heterocycles. The van der Waals surface area contributed by atoms with Crippen LogP contribution < -0.4 is 10.1 Å². The Hall–Kier alpha value is -2.00. The second-order valence-corrected chi connectivity index (χ2v) is 5.46. The van der Waals surface area contributed by atoms with E-state index in [4.69, 9.17) is 4.74 Å². The Kier molecular flexibility index (Phi) is 4.30. The number of hydrogen-bond acceptors (Lipinski definition) is 3. The standard InChI is InChI=1S/C17H21NO2/c1-13(17(2,3)19)18-14-8-7-11-16(12-14)20-15-9-5-4-6-10-15/h4-13,18-19H,1-3H3. The predicted octanol–water partition coefficient (Wildman–Crippen LogP) is 4.05. The van der Waals surface area contributed by atoms with Crippen molar-refractivity contribution in [3.05, 3.63) is 54.6 Å². The molecule has 0 amide bonds. The van der Waals surface area contributed by atoms with Crippen LogP contribution in [0.5, 0.6) is 11.5 Å². The number of ether oxygens (including phenoxy) is 1. The van der Waals surface area contributed by atoms with Gasteiger partial charge in [0, 0.05) is 11.8 Å². The summed E-state index contributed by atoms with van der Waals surface area (Å²) in [7, 11) is 0. The molecule has 2 aromatic carbocycles. The molecule has 0 radical (unpaired) electrons. The lowest BCUT2D eigenvalue weighted by molar-refractivity contribution is 0.0649. The van der Waals surface area contributed by atoms with E-state index in [2.05, 4.69) is 5.32 Å². The molecule has 0 saturated carbocycles. The maximum Gasteiger partial charge on any atom is 0.129 e. The van der Waals surface area contributed by atoms with E-state index >= 15 is 0 Å². The molecule has 0 heterocycles. The highest BCUT2D eigenvalue weighted by atomic mass is 16.5. The first kappa shape index (κ1) is 14.4. The van der Waals surface area contributed by atoms with Crippen LogP contribution in [0.15, 0.2) is 54.6 Å². The lowest BCUT2D eigenvalue weighted by Gasteiger charge is -2.27. The third-order valence-corrected chi connectivity index (χ3v) is 3.26. The SMILES string of the molecule is CC(Nc1cccc(Oc2ccccc2)c1)C(C)(C)O. The summed E-state index contributed by atoms with van der Waals surface area (Å²) in [5.41, 5.74) is 0.143. The zero-order valence-electron chi connectivity index (χ0n) is 12.1. The van der Waals surface area contributed by atoms with E-state index in [1.807, 2.05) is 61.5 Å². The lowest BCUT2D eigenvalue weighted by atomic mass is 10.0. The number of benzene rings is 2. The molecule has 0 aliphatic rings. The van der Waals surface area contributed by atoms with E-state index in [-0.39, 0.29) is 6.04 Å². The molecule has 106 valence electrons. The molecule has 3 heteroatoms. The monoisotopic (exact) mass is 271 g/mol. The van der Waals surface area contributed by atoms with Gasteiger partial charge < -0.3 is 15.2 Å². The van der Waals surface area contributed by atoms with Crippen molar-refractivity contribution in [2.24, 2.45) is 0 Å². The molecule has 0 saturated heterocycles. The molecule has 0 aliphatic carbocycles. The van der Waals surface area contributed by atoms with Crippen molar-refractivity contribution >= 4 is 5.69 Å². The number of anilines is 1. The second-order valence-electron chi connectivity index (χ2n) is 5.46. The van der Waals surface area contributed by atoms with Gasteiger partial charge in [0.2, 0.25) is 0 Å². The third kappa shape index (κ3) is 4.00. The second kappa shape index (κ2) is 5.97. The summed E-state index contributed by atoms with van der Waals surface area (Å²) in [6.07, 6.45) is 0. The highest BCUT2D eigenvalue weighted by molar-refractivity contribution is 5.50. The molecule has 2 aromatic rings. The van der Waals surface area contributed by atoms with Crippen molar-refractivity contribution in [2.45, 2.75) is 32.4 Å². The van der Waals surface area contributed by atoms with E-state index in [1.54, 1.807) is 13.8 Å². The Bertz CT molecular complexity index is 546. The summed E-state index contributed by atoms with van der Waals surface area (Å²) in [6.45, 7) is 5.52. The first-order valence-corrected chi connectivity index (χ1v) is 6.77. The van der Waals surface area contributed by atoms with Gasteiger partial charge >= 0.3 is 0 Å². The van der Waals surface area contributed by atoms with Crippen LogP contribution in [-0.2, 0) is 0 Å². The number of para-hydroxylation sites is 1.